The van der Waals surface area contributed by atoms with Gasteiger partial charge in [0.2, 0.25) is 0 Å². The summed E-state index contributed by atoms with van der Waals surface area (Å²) in [6, 6.07) is 14.6. The molecule has 2 aliphatic rings. The maximum atomic E-state index is 11.6. The Kier molecular flexibility index (Phi) is 5.06. The maximum absolute atomic E-state index is 11.6. The van der Waals surface area contributed by atoms with E-state index in [9.17, 15) is 15.0 Å². The quantitative estimate of drug-likeness (QED) is 0.424. The number of fused-ring (bicyclic) bond motifs is 1. The third kappa shape index (κ3) is 3.69. The topological polar surface area (TPSA) is 120 Å². The summed E-state index contributed by atoms with van der Waals surface area (Å²) in [5.41, 5.74) is 3.45. The molecule has 2 aliphatic heterocycles. The molecule has 2 aromatic heterocycles. The van der Waals surface area contributed by atoms with E-state index in [2.05, 4.69) is 42.4 Å². The van der Waals surface area contributed by atoms with Gasteiger partial charge < -0.3 is 20.0 Å². The number of aromatic hydroxyl groups is 1. The molecule has 4 heterocycles. The zero-order valence-corrected chi connectivity index (χ0v) is 20.1. The van der Waals surface area contributed by atoms with Crippen molar-refractivity contribution in [2.45, 2.75) is 19.9 Å². The van der Waals surface area contributed by atoms with Gasteiger partial charge in [0.05, 0.1) is 17.4 Å². The number of phenols is 1. The van der Waals surface area contributed by atoms with Crippen LogP contribution >= 0.6 is 0 Å². The van der Waals surface area contributed by atoms with Gasteiger partial charge >= 0.3 is 5.97 Å². The van der Waals surface area contributed by atoms with Crippen molar-refractivity contribution >= 4 is 28.4 Å². The third-order valence-electron chi connectivity index (χ3n) is 7.21. The van der Waals surface area contributed by atoms with E-state index in [4.69, 9.17) is 0 Å². The molecule has 1 atom stereocenters. The van der Waals surface area contributed by atoms with Gasteiger partial charge in [0.25, 0.3) is 0 Å². The van der Waals surface area contributed by atoms with E-state index in [0.717, 1.165) is 48.6 Å². The first-order valence-electron chi connectivity index (χ1n) is 12.0. The minimum absolute atomic E-state index is 0.0799. The number of aromatic nitrogens is 5. The molecule has 0 aliphatic carbocycles. The molecule has 2 N–H and O–H groups in total. The number of hydrogen-bond acceptors (Lipinski definition) is 8. The smallest absolute Gasteiger partial charge is 0.328 e. The van der Waals surface area contributed by atoms with Crippen LogP contribution in [0.15, 0.2) is 54.7 Å². The van der Waals surface area contributed by atoms with E-state index in [-0.39, 0.29) is 17.1 Å². The van der Waals surface area contributed by atoms with E-state index in [0.29, 0.717) is 11.3 Å². The lowest BCUT2D eigenvalue weighted by Crippen LogP contribution is -2.72. The van der Waals surface area contributed by atoms with Crippen molar-refractivity contribution in [3.05, 3.63) is 54.7 Å². The number of nitrogens with zero attached hydrogens (tertiary/aromatic N) is 7. The fraction of sp³-hybridized carbons (Fsp3) is 0.346. The minimum atomic E-state index is -0.898. The highest BCUT2D eigenvalue weighted by Crippen LogP contribution is 2.43. The summed E-state index contributed by atoms with van der Waals surface area (Å²) < 4.78 is 1.46. The Bertz CT molecular complexity index is 1450. The van der Waals surface area contributed by atoms with Gasteiger partial charge in [-0.05, 0) is 36.2 Å². The second-order valence-corrected chi connectivity index (χ2v) is 10.3. The Morgan fingerprint density at radius 3 is 2.44 bits per heavy atom. The van der Waals surface area contributed by atoms with Crippen molar-refractivity contribution in [1.29, 1.82) is 0 Å². The van der Waals surface area contributed by atoms with Gasteiger partial charge in [0, 0.05) is 48.2 Å². The van der Waals surface area contributed by atoms with Crippen molar-refractivity contribution in [2.24, 2.45) is 11.3 Å². The highest BCUT2D eigenvalue weighted by atomic mass is 16.4. The van der Waals surface area contributed by atoms with E-state index >= 15 is 0 Å². The number of aliphatic carboxylic acids is 1. The van der Waals surface area contributed by atoms with Crippen LogP contribution in [0.5, 0.6) is 5.75 Å². The Balaban J connectivity index is 1.11. The van der Waals surface area contributed by atoms with Gasteiger partial charge in [-0.3, -0.25) is 0 Å². The van der Waals surface area contributed by atoms with E-state index in [1.165, 1.54) is 4.68 Å². The number of rotatable bonds is 6. The molecular formula is C26H27N7O3. The summed E-state index contributed by atoms with van der Waals surface area (Å²) in [6.07, 6.45) is 1.74. The Hall–Kier alpha value is -4.21. The Labute approximate surface area is 207 Å². The lowest BCUT2D eigenvalue weighted by molar-refractivity contribution is -0.142. The second kappa shape index (κ2) is 8.18. The van der Waals surface area contributed by atoms with Crippen LogP contribution in [0.4, 0.5) is 11.5 Å². The average molecular weight is 486 g/mol. The molecule has 10 nitrogen and oxygen atoms in total. The first-order chi connectivity index (χ1) is 17.3. The van der Waals surface area contributed by atoms with Crippen molar-refractivity contribution in [2.75, 3.05) is 36.0 Å². The molecule has 2 saturated heterocycles. The third-order valence-corrected chi connectivity index (χ3v) is 7.21. The molecule has 1 spiro atoms. The second-order valence-electron chi connectivity index (χ2n) is 10.3. The lowest BCUT2D eigenvalue weighted by atomic mass is 9.72. The largest absolute Gasteiger partial charge is 0.507 e. The van der Waals surface area contributed by atoms with Crippen LogP contribution in [0.3, 0.4) is 0 Å². The maximum Gasteiger partial charge on any atom is 0.328 e. The van der Waals surface area contributed by atoms with Gasteiger partial charge in [0.1, 0.15) is 5.75 Å². The van der Waals surface area contributed by atoms with Gasteiger partial charge in [-0.15, -0.1) is 15.3 Å². The molecule has 184 valence electrons. The molecule has 2 fully saturated rings. The van der Waals surface area contributed by atoms with Crippen LogP contribution in [-0.2, 0) is 4.79 Å². The van der Waals surface area contributed by atoms with Crippen molar-refractivity contribution in [3.63, 3.8) is 0 Å². The highest BCUT2D eigenvalue weighted by Gasteiger charge is 2.52. The number of benzene rings is 2. The SMILES string of the molecule is CC(C)C(C(=O)O)n1cc(N2CC3(CN(c4ccc5cc(-c6ccccc6O)nnc5c4)C3)C2)nn1. The molecule has 0 radical (unpaired) electrons. The van der Waals surface area contributed by atoms with Crippen LogP contribution < -0.4 is 9.80 Å². The van der Waals surface area contributed by atoms with Crippen LogP contribution in [0.1, 0.15) is 19.9 Å². The zero-order valence-electron chi connectivity index (χ0n) is 20.1. The Morgan fingerprint density at radius 1 is 0.972 bits per heavy atom. The fourth-order valence-corrected chi connectivity index (χ4v) is 5.37. The number of hydrogen-bond donors (Lipinski definition) is 2. The highest BCUT2D eigenvalue weighted by molar-refractivity contribution is 5.85. The average Bonchev–Trinajstić information content (AvgIpc) is 3.25. The molecule has 6 rings (SSSR count). The molecule has 0 bridgehead atoms. The van der Waals surface area contributed by atoms with Crippen molar-refractivity contribution < 1.29 is 15.0 Å². The monoisotopic (exact) mass is 485 g/mol. The van der Waals surface area contributed by atoms with E-state index in [1.54, 1.807) is 18.3 Å². The van der Waals surface area contributed by atoms with Crippen LogP contribution in [0.2, 0.25) is 0 Å². The van der Waals surface area contributed by atoms with Crippen molar-refractivity contribution in [3.8, 4) is 17.0 Å². The molecule has 4 aromatic rings. The first kappa shape index (κ1) is 22.3. The summed E-state index contributed by atoms with van der Waals surface area (Å²) in [5.74, 6) is -0.0612. The summed E-state index contributed by atoms with van der Waals surface area (Å²) >= 11 is 0. The number of carboxylic acids is 1. The molecule has 10 heteroatoms. The van der Waals surface area contributed by atoms with Crippen LogP contribution in [0.25, 0.3) is 22.2 Å². The molecular weight excluding hydrogens is 458 g/mol. The molecule has 1 unspecified atom stereocenters. The standard InChI is InChI=1S/C26H27N7O3/c1-16(2)24(25(35)36)33-11-23(29-30-33)32-14-26(15-32)12-31(13-26)18-8-7-17-9-21(28-27-20(17)10-18)19-5-3-4-6-22(19)34/h3-11,16,24,34H,12-15H2,1-2H3,(H,35,36). The number of carbonyl (C=O) groups is 1. The normalized spacial score (nSPS) is 17.3. The van der Waals surface area contributed by atoms with Crippen molar-refractivity contribution in [1.82, 2.24) is 25.2 Å². The Morgan fingerprint density at radius 2 is 1.72 bits per heavy atom. The van der Waals surface area contributed by atoms with Crippen LogP contribution in [-0.4, -0.2) is 67.6 Å². The molecule has 0 amide bonds. The van der Waals surface area contributed by atoms with E-state index < -0.39 is 12.0 Å². The number of carboxylic acid groups (broad SMARTS) is 1. The van der Waals surface area contributed by atoms with Gasteiger partial charge in [0.15, 0.2) is 11.9 Å². The fourth-order valence-electron chi connectivity index (χ4n) is 5.37. The number of anilines is 2. The minimum Gasteiger partial charge on any atom is -0.507 e. The summed E-state index contributed by atoms with van der Waals surface area (Å²) in [6.45, 7) is 7.37. The van der Waals surface area contributed by atoms with Gasteiger partial charge in [-0.1, -0.05) is 37.3 Å². The van der Waals surface area contributed by atoms with Gasteiger partial charge in [-0.2, -0.15) is 0 Å². The summed E-state index contributed by atoms with van der Waals surface area (Å²) in [4.78, 5) is 16.1. The summed E-state index contributed by atoms with van der Waals surface area (Å²) in [5, 5.41) is 37.6. The first-order valence-corrected chi connectivity index (χ1v) is 12.0. The predicted octanol–water partition coefficient (Wildman–Crippen LogP) is 3.20. The summed E-state index contributed by atoms with van der Waals surface area (Å²) in [7, 11) is 0. The van der Waals surface area contributed by atoms with Gasteiger partial charge in [-0.25, -0.2) is 9.48 Å². The molecule has 36 heavy (non-hydrogen) atoms. The lowest BCUT2D eigenvalue weighted by Gasteiger charge is -2.61. The number of phenolic OH excluding ortho intramolecular Hbond substituents is 1. The molecule has 0 saturated carbocycles. The van der Waals surface area contributed by atoms with E-state index in [1.807, 2.05) is 38.1 Å². The van der Waals surface area contributed by atoms with Crippen LogP contribution in [0, 0.1) is 11.3 Å². The molecule has 2 aromatic carbocycles. The number of para-hydroxylation sites is 1. The zero-order chi connectivity index (χ0) is 25.0. The predicted molar refractivity (Wildman–Crippen MR) is 135 cm³/mol.